The first-order valence-corrected chi connectivity index (χ1v) is 3.62. The number of hydrogen-bond acceptors (Lipinski definition) is 4. The number of allylic oxidation sites excluding steroid dienone is 2. The highest BCUT2D eigenvalue weighted by Crippen LogP contribution is 2.03. The molecule has 0 aliphatic heterocycles. The average molecular weight is 216 g/mol. The number of carboxylic acids is 3. The van der Waals surface area contributed by atoms with E-state index in [1.807, 2.05) is 0 Å². The summed E-state index contributed by atoms with van der Waals surface area (Å²) < 4.78 is 0. The minimum absolute atomic E-state index is 0.532. The van der Waals surface area contributed by atoms with Gasteiger partial charge in [-0.2, -0.15) is 0 Å². The third kappa shape index (κ3) is 5.09. The molecule has 0 amide bonds. The molecule has 82 valence electrons. The maximum Gasteiger partial charge on any atom is 0.370 e. The van der Waals surface area contributed by atoms with Gasteiger partial charge in [-0.15, -0.1) is 0 Å². The number of aliphatic hydroxyl groups is 1. The average Bonchev–Trinajstić information content (AvgIpc) is 2.10. The lowest BCUT2D eigenvalue weighted by molar-refractivity contribution is -0.139. The van der Waals surface area contributed by atoms with Gasteiger partial charge < -0.3 is 20.4 Å². The molecule has 0 atom stereocenters. The summed E-state index contributed by atoms with van der Waals surface area (Å²) in [6.45, 7) is 0. The van der Waals surface area contributed by atoms with Crippen molar-refractivity contribution in [2.75, 3.05) is 0 Å². The predicted octanol–water partition coefficient (Wildman–Crippen LogP) is -0.00140. The van der Waals surface area contributed by atoms with Gasteiger partial charge in [0.1, 0.15) is 0 Å². The van der Waals surface area contributed by atoms with Gasteiger partial charge in [-0.1, -0.05) is 0 Å². The van der Waals surface area contributed by atoms with Crippen LogP contribution in [0.25, 0.3) is 0 Å². The number of aliphatic carboxylic acids is 3. The molecule has 4 N–H and O–H groups in total. The van der Waals surface area contributed by atoms with Crippen LogP contribution in [0.3, 0.4) is 0 Å². The number of rotatable bonds is 5. The molecule has 0 saturated heterocycles. The molecule has 0 saturated carbocycles. The Morgan fingerprint density at radius 1 is 0.867 bits per heavy atom. The van der Waals surface area contributed by atoms with Gasteiger partial charge in [-0.05, 0) is 12.2 Å². The minimum Gasteiger partial charge on any atom is -0.502 e. The molecule has 0 rings (SSSR count). The largest absolute Gasteiger partial charge is 0.502 e. The Morgan fingerprint density at radius 2 is 1.40 bits per heavy atom. The fourth-order valence-corrected chi connectivity index (χ4v) is 0.620. The van der Waals surface area contributed by atoms with Crippen molar-refractivity contribution in [3.05, 3.63) is 23.5 Å². The highest BCUT2D eigenvalue weighted by molar-refractivity contribution is 5.92. The minimum atomic E-state index is -1.63. The smallest absolute Gasteiger partial charge is 0.370 e. The highest BCUT2D eigenvalue weighted by Gasteiger charge is 2.11. The van der Waals surface area contributed by atoms with Crippen molar-refractivity contribution >= 4 is 17.9 Å². The summed E-state index contributed by atoms with van der Waals surface area (Å²) in [4.78, 5) is 30.7. The summed E-state index contributed by atoms with van der Waals surface area (Å²) >= 11 is 0. The van der Waals surface area contributed by atoms with Crippen LogP contribution in [-0.2, 0) is 14.4 Å². The Balaban J connectivity index is 4.85. The molecule has 0 bridgehead atoms. The van der Waals surface area contributed by atoms with Crippen LogP contribution in [-0.4, -0.2) is 38.3 Å². The quantitative estimate of drug-likeness (QED) is 0.289. The summed E-state index contributed by atoms with van der Waals surface area (Å²) in [6.07, 6.45) is 0.563. The van der Waals surface area contributed by atoms with Crippen LogP contribution in [0.2, 0.25) is 0 Å². The third-order valence-corrected chi connectivity index (χ3v) is 1.28. The Labute approximate surface area is 83.6 Å². The van der Waals surface area contributed by atoms with Crippen LogP contribution in [0, 0.1) is 0 Å². The van der Waals surface area contributed by atoms with Crippen molar-refractivity contribution in [3.63, 3.8) is 0 Å². The topological polar surface area (TPSA) is 132 Å². The molecular weight excluding hydrogens is 208 g/mol. The van der Waals surface area contributed by atoms with E-state index in [-0.39, 0.29) is 0 Å². The van der Waals surface area contributed by atoms with Crippen LogP contribution < -0.4 is 0 Å². The van der Waals surface area contributed by atoms with Crippen molar-refractivity contribution in [1.29, 1.82) is 0 Å². The van der Waals surface area contributed by atoms with Gasteiger partial charge in [-0.25, -0.2) is 9.59 Å². The molecular formula is C8H8O7. The Kier molecular flexibility index (Phi) is 4.59. The Morgan fingerprint density at radius 3 is 1.73 bits per heavy atom. The molecule has 0 fully saturated rings. The summed E-state index contributed by atoms with van der Waals surface area (Å²) in [5.74, 6) is -5.57. The van der Waals surface area contributed by atoms with E-state index in [0.717, 1.165) is 6.08 Å². The standard InChI is InChI=1S/C8H8O7/c9-5(8(14)15)2-1-4(7(12)13)3-6(10)11/h1-2,9H,3H2,(H,10,11)(H,12,13)(H,14,15)/b4-1-,5-2-. The van der Waals surface area contributed by atoms with Gasteiger partial charge in [0.25, 0.3) is 0 Å². The van der Waals surface area contributed by atoms with Gasteiger partial charge >= 0.3 is 17.9 Å². The number of carbonyl (C=O) groups is 3. The molecule has 0 aromatic carbocycles. The molecule has 0 radical (unpaired) electrons. The summed E-state index contributed by atoms with van der Waals surface area (Å²) in [7, 11) is 0. The van der Waals surface area contributed by atoms with E-state index in [1.165, 1.54) is 0 Å². The lowest BCUT2D eigenvalue weighted by atomic mass is 10.1. The first-order chi connectivity index (χ1) is 6.84. The highest BCUT2D eigenvalue weighted by atomic mass is 16.4. The van der Waals surface area contributed by atoms with Gasteiger partial charge in [0.2, 0.25) is 5.76 Å². The van der Waals surface area contributed by atoms with Crippen LogP contribution in [0.4, 0.5) is 0 Å². The molecule has 0 heterocycles. The molecule has 7 nitrogen and oxygen atoms in total. The second-order valence-corrected chi connectivity index (χ2v) is 2.42. The summed E-state index contributed by atoms with van der Waals surface area (Å²) in [5, 5.41) is 33.7. The molecule has 0 aromatic rings. The Hall–Kier alpha value is -2.31. The van der Waals surface area contributed by atoms with E-state index in [1.54, 1.807) is 0 Å². The van der Waals surface area contributed by atoms with E-state index in [2.05, 4.69) is 0 Å². The molecule has 7 heteroatoms. The molecule has 0 unspecified atom stereocenters. The molecule has 15 heavy (non-hydrogen) atoms. The molecule has 0 aromatic heterocycles. The van der Waals surface area contributed by atoms with Crippen LogP contribution in [0.1, 0.15) is 6.42 Å². The van der Waals surface area contributed by atoms with Crippen molar-refractivity contribution in [2.24, 2.45) is 0 Å². The maximum atomic E-state index is 10.4. The van der Waals surface area contributed by atoms with Crippen molar-refractivity contribution in [2.45, 2.75) is 6.42 Å². The number of carboxylic acid groups (broad SMARTS) is 3. The lowest BCUT2D eigenvalue weighted by Gasteiger charge is -1.95. The predicted molar refractivity (Wildman–Crippen MR) is 46.3 cm³/mol. The van der Waals surface area contributed by atoms with Gasteiger partial charge in [0.05, 0.1) is 6.42 Å². The maximum absolute atomic E-state index is 10.4. The molecule has 0 aliphatic carbocycles. The zero-order valence-corrected chi connectivity index (χ0v) is 7.38. The zero-order chi connectivity index (χ0) is 12.0. The first kappa shape index (κ1) is 12.7. The van der Waals surface area contributed by atoms with Crippen LogP contribution in [0.5, 0.6) is 0 Å². The summed E-state index contributed by atoms with van der Waals surface area (Å²) in [5.41, 5.74) is -0.532. The van der Waals surface area contributed by atoms with Crippen molar-refractivity contribution in [1.82, 2.24) is 0 Å². The van der Waals surface area contributed by atoms with Gasteiger partial charge in [0, 0.05) is 5.57 Å². The van der Waals surface area contributed by atoms with E-state index in [0.29, 0.717) is 6.08 Å². The van der Waals surface area contributed by atoms with Crippen LogP contribution >= 0.6 is 0 Å². The summed E-state index contributed by atoms with van der Waals surface area (Å²) in [6, 6.07) is 0. The number of aliphatic hydroxyl groups excluding tert-OH is 1. The van der Waals surface area contributed by atoms with Gasteiger partial charge in [-0.3, -0.25) is 4.79 Å². The van der Waals surface area contributed by atoms with E-state index in [4.69, 9.17) is 20.4 Å². The monoisotopic (exact) mass is 216 g/mol. The molecule has 0 spiro atoms. The number of hydrogen-bond donors (Lipinski definition) is 4. The van der Waals surface area contributed by atoms with Crippen molar-refractivity contribution < 1.29 is 34.8 Å². The fraction of sp³-hybridized carbons (Fsp3) is 0.125. The van der Waals surface area contributed by atoms with Gasteiger partial charge in [0.15, 0.2) is 0 Å². The third-order valence-electron chi connectivity index (χ3n) is 1.28. The second kappa shape index (κ2) is 5.43. The SMILES string of the molecule is O=C(O)C/C(=C/C=C(\O)C(=O)O)C(=O)O. The van der Waals surface area contributed by atoms with E-state index >= 15 is 0 Å². The normalized spacial score (nSPS) is 12.3. The fourth-order valence-electron chi connectivity index (χ4n) is 0.620. The molecule has 0 aliphatic rings. The lowest BCUT2D eigenvalue weighted by Crippen LogP contribution is -2.06. The van der Waals surface area contributed by atoms with Crippen molar-refractivity contribution in [3.8, 4) is 0 Å². The zero-order valence-electron chi connectivity index (χ0n) is 7.38. The van der Waals surface area contributed by atoms with E-state index < -0.39 is 35.7 Å². The van der Waals surface area contributed by atoms with E-state index in [9.17, 15) is 14.4 Å². The first-order valence-electron chi connectivity index (χ1n) is 3.62. The van der Waals surface area contributed by atoms with Crippen LogP contribution in [0.15, 0.2) is 23.5 Å². The Bertz CT molecular complexity index is 350. The second-order valence-electron chi connectivity index (χ2n) is 2.42.